The number of anilines is 1. The maximum Gasteiger partial charge on any atom is 0.183 e. The summed E-state index contributed by atoms with van der Waals surface area (Å²) in [6, 6.07) is 0.434. The van der Waals surface area contributed by atoms with Crippen molar-refractivity contribution in [2.24, 2.45) is 0 Å². The molecule has 90 valence electrons. The Balaban J connectivity index is 1.77. The Kier molecular flexibility index (Phi) is 4.15. The van der Waals surface area contributed by atoms with Crippen LogP contribution in [0.5, 0.6) is 0 Å². The Hall–Kier alpha value is -0.650. The topological polar surface area (TPSA) is 37.4 Å². The van der Waals surface area contributed by atoms with Gasteiger partial charge in [-0.3, -0.25) is 4.90 Å². The molecule has 2 heterocycles. The van der Waals surface area contributed by atoms with Gasteiger partial charge in [0.1, 0.15) is 0 Å². The fourth-order valence-electron chi connectivity index (χ4n) is 1.85. The molecule has 2 rings (SSSR count). The number of hydrogen-bond acceptors (Lipinski definition) is 5. The van der Waals surface area contributed by atoms with Crippen molar-refractivity contribution in [3.8, 4) is 0 Å². The highest BCUT2D eigenvalue weighted by molar-refractivity contribution is 7.13. The fraction of sp³-hybridized carbons (Fsp3) is 0.727. The van der Waals surface area contributed by atoms with Crippen molar-refractivity contribution in [3.05, 3.63) is 11.1 Å². The van der Waals surface area contributed by atoms with Gasteiger partial charge < -0.3 is 10.1 Å². The first-order valence-corrected chi connectivity index (χ1v) is 6.61. The molecule has 16 heavy (non-hydrogen) atoms. The number of aromatic nitrogens is 1. The lowest BCUT2D eigenvalue weighted by Crippen LogP contribution is -2.42. The normalized spacial score (nSPS) is 19.6. The molecule has 1 N–H and O–H groups in total. The van der Waals surface area contributed by atoms with Crippen LogP contribution in [0.3, 0.4) is 0 Å². The van der Waals surface area contributed by atoms with Gasteiger partial charge in [0.05, 0.1) is 18.9 Å². The van der Waals surface area contributed by atoms with Gasteiger partial charge in [-0.1, -0.05) is 0 Å². The van der Waals surface area contributed by atoms with Gasteiger partial charge in [-0.15, -0.1) is 11.3 Å². The van der Waals surface area contributed by atoms with Crippen molar-refractivity contribution < 1.29 is 4.74 Å². The average Bonchev–Trinajstić information content (AvgIpc) is 2.65. The first kappa shape index (κ1) is 11.8. The quantitative estimate of drug-likeness (QED) is 0.868. The van der Waals surface area contributed by atoms with Crippen LogP contribution in [0.1, 0.15) is 12.6 Å². The van der Waals surface area contributed by atoms with E-state index in [2.05, 4.69) is 27.5 Å². The van der Waals surface area contributed by atoms with Gasteiger partial charge >= 0.3 is 0 Å². The van der Waals surface area contributed by atoms with Crippen molar-refractivity contribution in [1.82, 2.24) is 9.88 Å². The SMILES string of the molecule is Cc1csc(NC(C)CN2CCOCC2)n1. The summed E-state index contributed by atoms with van der Waals surface area (Å²) in [5.74, 6) is 0. The molecule has 1 aliphatic heterocycles. The predicted molar refractivity (Wildman–Crippen MR) is 67.2 cm³/mol. The standard InChI is InChI=1S/C11H19N3OS/c1-9(7-14-3-5-15-6-4-14)12-11-13-10(2)8-16-11/h8-9H,3-7H2,1-2H3,(H,12,13). The third kappa shape index (κ3) is 3.43. The summed E-state index contributed by atoms with van der Waals surface area (Å²) in [7, 11) is 0. The van der Waals surface area contributed by atoms with Crippen LogP contribution in [-0.2, 0) is 4.74 Å². The van der Waals surface area contributed by atoms with E-state index in [0.29, 0.717) is 6.04 Å². The minimum absolute atomic E-state index is 0.434. The van der Waals surface area contributed by atoms with Crippen molar-refractivity contribution in [2.75, 3.05) is 38.2 Å². The minimum Gasteiger partial charge on any atom is -0.379 e. The molecule has 1 fully saturated rings. The van der Waals surface area contributed by atoms with E-state index in [1.807, 2.05) is 6.92 Å². The minimum atomic E-state index is 0.434. The molecule has 4 nitrogen and oxygen atoms in total. The number of morpholine rings is 1. The molecular weight excluding hydrogens is 222 g/mol. The molecule has 0 aromatic carbocycles. The lowest BCUT2D eigenvalue weighted by atomic mass is 10.3. The van der Waals surface area contributed by atoms with E-state index in [4.69, 9.17) is 4.74 Å². The van der Waals surface area contributed by atoms with Crippen LogP contribution < -0.4 is 5.32 Å². The van der Waals surface area contributed by atoms with Gasteiger partial charge in [-0.2, -0.15) is 0 Å². The lowest BCUT2D eigenvalue weighted by molar-refractivity contribution is 0.0368. The van der Waals surface area contributed by atoms with Gasteiger partial charge in [-0.05, 0) is 13.8 Å². The number of rotatable bonds is 4. The zero-order chi connectivity index (χ0) is 11.4. The smallest absolute Gasteiger partial charge is 0.183 e. The van der Waals surface area contributed by atoms with E-state index in [9.17, 15) is 0 Å². The number of aryl methyl sites for hydroxylation is 1. The molecule has 1 aromatic rings. The third-order valence-corrected chi connectivity index (χ3v) is 3.52. The van der Waals surface area contributed by atoms with Crippen LogP contribution >= 0.6 is 11.3 Å². The van der Waals surface area contributed by atoms with Gasteiger partial charge in [-0.25, -0.2) is 4.98 Å². The van der Waals surface area contributed by atoms with Crippen molar-refractivity contribution in [3.63, 3.8) is 0 Å². The Morgan fingerprint density at radius 1 is 1.56 bits per heavy atom. The van der Waals surface area contributed by atoms with E-state index in [-0.39, 0.29) is 0 Å². The lowest BCUT2D eigenvalue weighted by Gasteiger charge is -2.29. The summed E-state index contributed by atoms with van der Waals surface area (Å²) >= 11 is 1.67. The van der Waals surface area contributed by atoms with Crippen molar-refractivity contribution in [1.29, 1.82) is 0 Å². The number of thiazole rings is 1. The maximum atomic E-state index is 5.33. The molecule has 0 amide bonds. The Bertz CT molecular complexity index is 323. The molecule has 1 atom stereocenters. The number of ether oxygens (including phenoxy) is 1. The molecule has 0 aliphatic carbocycles. The summed E-state index contributed by atoms with van der Waals surface area (Å²) in [4.78, 5) is 6.84. The zero-order valence-electron chi connectivity index (χ0n) is 9.90. The van der Waals surface area contributed by atoms with Gasteiger partial charge in [0.25, 0.3) is 0 Å². The van der Waals surface area contributed by atoms with Gasteiger partial charge in [0.2, 0.25) is 0 Å². The number of nitrogens with one attached hydrogen (secondary N) is 1. The number of nitrogens with zero attached hydrogens (tertiary/aromatic N) is 2. The van der Waals surface area contributed by atoms with Crippen LogP contribution in [0.25, 0.3) is 0 Å². The number of hydrogen-bond donors (Lipinski definition) is 1. The molecule has 0 bridgehead atoms. The summed E-state index contributed by atoms with van der Waals surface area (Å²) in [6.45, 7) is 9.10. The average molecular weight is 241 g/mol. The molecule has 1 saturated heterocycles. The van der Waals surface area contributed by atoms with Crippen LogP contribution in [-0.4, -0.2) is 48.8 Å². The zero-order valence-corrected chi connectivity index (χ0v) is 10.7. The molecular formula is C11H19N3OS. The molecule has 1 aliphatic rings. The molecule has 1 aromatic heterocycles. The van der Waals surface area contributed by atoms with Crippen LogP contribution in [0, 0.1) is 6.92 Å². The predicted octanol–water partition coefficient (Wildman–Crippen LogP) is 1.58. The molecule has 0 saturated carbocycles. The highest BCUT2D eigenvalue weighted by atomic mass is 32.1. The second-order valence-corrected chi connectivity index (χ2v) is 5.11. The van der Waals surface area contributed by atoms with Crippen LogP contribution in [0.15, 0.2) is 5.38 Å². The summed E-state index contributed by atoms with van der Waals surface area (Å²) < 4.78 is 5.33. The Labute approximate surface area is 101 Å². The first-order chi connectivity index (χ1) is 7.74. The monoisotopic (exact) mass is 241 g/mol. The van der Waals surface area contributed by atoms with Crippen LogP contribution in [0.4, 0.5) is 5.13 Å². The van der Waals surface area contributed by atoms with E-state index in [1.165, 1.54) is 0 Å². The Morgan fingerprint density at radius 3 is 2.94 bits per heavy atom. The Morgan fingerprint density at radius 2 is 2.31 bits per heavy atom. The van der Waals surface area contributed by atoms with E-state index < -0.39 is 0 Å². The second kappa shape index (κ2) is 5.61. The second-order valence-electron chi connectivity index (χ2n) is 4.25. The molecule has 1 unspecified atom stereocenters. The fourth-order valence-corrected chi connectivity index (χ4v) is 2.65. The highest BCUT2D eigenvalue weighted by Gasteiger charge is 2.14. The van der Waals surface area contributed by atoms with Crippen molar-refractivity contribution in [2.45, 2.75) is 19.9 Å². The summed E-state index contributed by atoms with van der Waals surface area (Å²) in [5, 5.41) is 6.53. The summed E-state index contributed by atoms with van der Waals surface area (Å²) in [6.07, 6.45) is 0. The van der Waals surface area contributed by atoms with E-state index in [0.717, 1.165) is 43.7 Å². The molecule has 5 heteroatoms. The van der Waals surface area contributed by atoms with Crippen LogP contribution in [0.2, 0.25) is 0 Å². The molecule has 0 radical (unpaired) electrons. The maximum absolute atomic E-state index is 5.33. The highest BCUT2D eigenvalue weighted by Crippen LogP contribution is 2.15. The van der Waals surface area contributed by atoms with Gasteiger partial charge in [0.15, 0.2) is 5.13 Å². The van der Waals surface area contributed by atoms with Crippen molar-refractivity contribution >= 4 is 16.5 Å². The first-order valence-electron chi connectivity index (χ1n) is 5.73. The molecule has 0 spiro atoms. The largest absolute Gasteiger partial charge is 0.379 e. The third-order valence-electron chi connectivity index (χ3n) is 2.62. The summed E-state index contributed by atoms with van der Waals surface area (Å²) in [5.41, 5.74) is 1.09. The van der Waals surface area contributed by atoms with Gasteiger partial charge in [0, 0.05) is 31.1 Å². The van der Waals surface area contributed by atoms with E-state index >= 15 is 0 Å². The van der Waals surface area contributed by atoms with E-state index in [1.54, 1.807) is 11.3 Å².